The van der Waals surface area contributed by atoms with Crippen molar-refractivity contribution in [2.75, 3.05) is 29.1 Å². The van der Waals surface area contributed by atoms with E-state index < -0.39 is 5.25 Å². The van der Waals surface area contributed by atoms with E-state index in [0.29, 0.717) is 23.5 Å². The second kappa shape index (κ2) is 9.80. The molecule has 7 heteroatoms. The minimum atomic E-state index is -0.397. The van der Waals surface area contributed by atoms with Gasteiger partial charge in [0.1, 0.15) is 5.75 Å². The third-order valence-corrected chi connectivity index (χ3v) is 5.91. The Morgan fingerprint density at radius 2 is 2.03 bits per heavy atom. The van der Waals surface area contributed by atoms with E-state index in [1.54, 1.807) is 30.0 Å². The van der Waals surface area contributed by atoms with Gasteiger partial charge in [-0.2, -0.15) is 0 Å². The van der Waals surface area contributed by atoms with Gasteiger partial charge in [-0.3, -0.25) is 14.4 Å². The molecule has 0 bridgehead atoms. The predicted molar refractivity (Wildman–Crippen MR) is 121 cm³/mol. The molecular formula is C23H26N2O4S. The molecule has 3 rings (SSSR count). The minimum absolute atomic E-state index is 0.0165. The van der Waals surface area contributed by atoms with Gasteiger partial charge in [-0.15, -0.1) is 11.8 Å². The van der Waals surface area contributed by atoms with E-state index >= 15 is 0 Å². The summed E-state index contributed by atoms with van der Waals surface area (Å²) in [5.74, 6) is 0.445. The topological polar surface area (TPSA) is 75.7 Å². The van der Waals surface area contributed by atoms with Crippen LogP contribution in [0.2, 0.25) is 0 Å². The van der Waals surface area contributed by atoms with Gasteiger partial charge in [0.05, 0.1) is 16.7 Å². The number of rotatable bonds is 8. The van der Waals surface area contributed by atoms with Crippen LogP contribution in [0.1, 0.15) is 36.2 Å². The van der Waals surface area contributed by atoms with Crippen molar-refractivity contribution in [2.24, 2.45) is 0 Å². The Kier molecular flexibility index (Phi) is 7.15. The number of ketones is 1. The molecule has 0 fully saturated rings. The van der Waals surface area contributed by atoms with Crippen LogP contribution in [0, 0.1) is 6.92 Å². The first-order chi connectivity index (χ1) is 14.4. The fraction of sp³-hybridized carbons (Fsp3) is 0.348. The van der Waals surface area contributed by atoms with Gasteiger partial charge in [0.25, 0.3) is 5.91 Å². The molecule has 0 radical (unpaired) electrons. The van der Waals surface area contributed by atoms with Crippen molar-refractivity contribution in [1.29, 1.82) is 0 Å². The van der Waals surface area contributed by atoms with Gasteiger partial charge in [0.2, 0.25) is 5.91 Å². The lowest BCUT2D eigenvalue weighted by atomic mass is 10.1. The number of carbonyl (C=O) groups is 3. The van der Waals surface area contributed by atoms with Crippen molar-refractivity contribution in [3.05, 3.63) is 53.6 Å². The molecule has 0 spiro atoms. The van der Waals surface area contributed by atoms with Crippen molar-refractivity contribution in [3.8, 4) is 5.75 Å². The Morgan fingerprint density at radius 3 is 2.77 bits per heavy atom. The van der Waals surface area contributed by atoms with Crippen LogP contribution in [0.3, 0.4) is 0 Å². The number of nitrogens with one attached hydrogen (secondary N) is 1. The minimum Gasteiger partial charge on any atom is -0.482 e. The monoisotopic (exact) mass is 426 g/mol. The molecule has 1 unspecified atom stereocenters. The van der Waals surface area contributed by atoms with Gasteiger partial charge in [-0.1, -0.05) is 19.1 Å². The molecule has 1 aliphatic heterocycles. The fourth-order valence-corrected chi connectivity index (χ4v) is 4.02. The second-order valence-electron chi connectivity index (χ2n) is 7.25. The molecule has 0 saturated heterocycles. The third kappa shape index (κ3) is 5.21. The van der Waals surface area contributed by atoms with Gasteiger partial charge in [0.15, 0.2) is 12.4 Å². The normalized spacial score (nSPS) is 14.0. The van der Waals surface area contributed by atoms with Crippen molar-refractivity contribution in [3.63, 3.8) is 0 Å². The summed E-state index contributed by atoms with van der Waals surface area (Å²) < 4.78 is 5.49. The number of carbonyl (C=O) groups excluding carboxylic acids is 3. The number of anilines is 2. The van der Waals surface area contributed by atoms with Crippen molar-refractivity contribution in [1.82, 2.24) is 0 Å². The lowest BCUT2D eigenvalue weighted by molar-refractivity contribution is -0.121. The van der Waals surface area contributed by atoms with E-state index in [1.165, 1.54) is 11.8 Å². The van der Waals surface area contributed by atoms with Crippen LogP contribution in [0.4, 0.5) is 11.4 Å². The van der Waals surface area contributed by atoms with Crippen molar-refractivity contribution in [2.45, 2.75) is 32.4 Å². The first kappa shape index (κ1) is 21.9. The number of nitrogens with zero attached hydrogens (tertiary/aromatic N) is 1. The average molecular weight is 427 g/mol. The van der Waals surface area contributed by atoms with Gasteiger partial charge < -0.3 is 15.0 Å². The zero-order valence-corrected chi connectivity index (χ0v) is 18.3. The van der Waals surface area contributed by atoms with Crippen LogP contribution in [0.25, 0.3) is 0 Å². The molecule has 2 aromatic rings. The summed E-state index contributed by atoms with van der Waals surface area (Å²) in [5, 5.41) is 2.45. The van der Waals surface area contributed by atoms with E-state index in [4.69, 9.17) is 4.74 Å². The lowest BCUT2D eigenvalue weighted by Crippen LogP contribution is -2.39. The maximum absolute atomic E-state index is 12.9. The Labute approximate surface area is 181 Å². The van der Waals surface area contributed by atoms with Crippen LogP contribution < -0.4 is 15.0 Å². The zero-order valence-electron chi connectivity index (χ0n) is 17.4. The fourth-order valence-electron chi connectivity index (χ4n) is 3.26. The number of hydrogen-bond acceptors (Lipinski definition) is 5. The highest BCUT2D eigenvalue weighted by molar-refractivity contribution is 8.01. The number of aryl methyl sites for hydroxylation is 1. The second-order valence-corrected chi connectivity index (χ2v) is 8.58. The largest absolute Gasteiger partial charge is 0.482 e. The standard InChI is InChI=1S/C23H26N2O4S/c1-4-10-25-19-12-17(8-9-20(19)29-13-22(25)27)23(28)16(3)30-14-21(26)24-18-7-5-6-15(2)11-18/h5-9,11-12,16H,4,10,13-14H2,1-3H3,(H,24,26). The first-order valence-corrected chi connectivity index (χ1v) is 11.0. The van der Waals surface area contributed by atoms with Gasteiger partial charge in [-0.25, -0.2) is 0 Å². The Morgan fingerprint density at radius 1 is 1.23 bits per heavy atom. The smallest absolute Gasteiger partial charge is 0.265 e. The summed E-state index contributed by atoms with van der Waals surface area (Å²) in [5.41, 5.74) is 2.95. The number of hydrogen-bond donors (Lipinski definition) is 1. The predicted octanol–water partition coefficient (Wildman–Crippen LogP) is 4.07. The van der Waals surface area contributed by atoms with Crippen LogP contribution in [0.15, 0.2) is 42.5 Å². The molecular weight excluding hydrogens is 400 g/mol. The van der Waals surface area contributed by atoms with Crippen LogP contribution in [-0.2, 0) is 9.59 Å². The number of benzene rings is 2. The molecule has 6 nitrogen and oxygen atoms in total. The Balaban J connectivity index is 1.63. The number of ether oxygens (including phenoxy) is 1. The molecule has 0 aliphatic carbocycles. The van der Waals surface area contributed by atoms with Crippen molar-refractivity contribution < 1.29 is 19.1 Å². The summed E-state index contributed by atoms with van der Waals surface area (Å²) >= 11 is 1.29. The summed E-state index contributed by atoms with van der Waals surface area (Å²) in [6.07, 6.45) is 0.811. The molecule has 2 aromatic carbocycles. The Hall–Kier alpha value is -2.80. The van der Waals surface area contributed by atoms with Crippen molar-refractivity contribution >= 4 is 40.7 Å². The first-order valence-electron chi connectivity index (χ1n) is 9.98. The third-order valence-electron chi connectivity index (χ3n) is 4.77. The highest BCUT2D eigenvalue weighted by atomic mass is 32.2. The highest BCUT2D eigenvalue weighted by Gasteiger charge is 2.27. The summed E-state index contributed by atoms with van der Waals surface area (Å²) in [7, 11) is 0. The van der Waals surface area contributed by atoms with E-state index in [9.17, 15) is 14.4 Å². The highest BCUT2D eigenvalue weighted by Crippen LogP contribution is 2.34. The molecule has 1 atom stereocenters. The lowest BCUT2D eigenvalue weighted by Gasteiger charge is -2.29. The van der Waals surface area contributed by atoms with Gasteiger partial charge in [-0.05, 0) is 56.2 Å². The van der Waals surface area contributed by atoms with E-state index in [1.807, 2.05) is 38.1 Å². The molecule has 1 aliphatic rings. The van der Waals surface area contributed by atoms with E-state index in [2.05, 4.69) is 5.32 Å². The molecule has 0 saturated carbocycles. The maximum Gasteiger partial charge on any atom is 0.265 e. The number of fused-ring (bicyclic) bond motifs is 1. The quantitative estimate of drug-likeness (QED) is 0.644. The van der Waals surface area contributed by atoms with Crippen LogP contribution >= 0.6 is 11.8 Å². The van der Waals surface area contributed by atoms with Gasteiger partial charge >= 0.3 is 0 Å². The van der Waals surface area contributed by atoms with Gasteiger partial charge in [0, 0.05) is 17.8 Å². The molecule has 1 N–H and O–H groups in total. The molecule has 30 heavy (non-hydrogen) atoms. The summed E-state index contributed by atoms with van der Waals surface area (Å²) in [6.45, 7) is 6.35. The number of Topliss-reactive ketones (excluding diaryl/α,β-unsaturated/α-hetero) is 1. The average Bonchev–Trinajstić information content (AvgIpc) is 2.73. The number of thioether (sulfide) groups is 1. The SMILES string of the molecule is CCCN1C(=O)COc2ccc(C(=O)C(C)SCC(=O)Nc3cccc(C)c3)cc21. The maximum atomic E-state index is 12.9. The molecule has 2 amide bonds. The van der Waals surface area contributed by atoms with Crippen LogP contribution in [-0.4, -0.2) is 41.8 Å². The zero-order chi connectivity index (χ0) is 21.7. The molecule has 1 heterocycles. The van der Waals surface area contributed by atoms with E-state index in [-0.39, 0.29) is 30.0 Å². The van der Waals surface area contributed by atoms with E-state index in [0.717, 1.165) is 17.7 Å². The molecule has 0 aromatic heterocycles. The Bertz CT molecular complexity index is 960. The molecule has 158 valence electrons. The summed E-state index contributed by atoms with van der Waals surface area (Å²) in [4.78, 5) is 39.0. The van der Waals surface area contributed by atoms with Crippen LogP contribution in [0.5, 0.6) is 5.75 Å². The number of amides is 2. The summed E-state index contributed by atoms with van der Waals surface area (Å²) in [6, 6.07) is 12.7.